The van der Waals surface area contributed by atoms with Gasteiger partial charge in [-0.3, -0.25) is 10.7 Å². The molecule has 2 N–H and O–H groups in total. The zero-order valence-electron chi connectivity index (χ0n) is 4.20. The van der Waals surface area contributed by atoms with Crippen LogP contribution in [0.15, 0.2) is 24.4 Å². The van der Waals surface area contributed by atoms with Crippen molar-refractivity contribution in [1.29, 1.82) is 0 Å². The van der Waals surface area contributed by atoms with Gasteiger partial charge >= 0.3 is 0 Å². The fourth-order valence-electron chi connectivity index (χ4n) is 0.429. The van der Waals surface area contributed by atoms with Crippen LogP contribution in [0, 0.1) is 0 Å². The van der Waals surface area contributed by atoms with Gasteiger partial charge in [-0.15, -0.1) is 0 Å². The van der Waals surface area contributed by atoms with Crippen molar-refractivity contribution < 1.29 is 5.21 Å². The van der Waals surface area contributed by atoms with Gasteiger partial charge in [0.05, 0.1) is 0 Å². The summed E-state index contributed by atoms with van der Waals surface area (Å²) in [6.45, 7) is 0. The van der Waals surface area contributed by atoms with E-state index in [9.17, 15) is 0 Å². The molecule has 1 heterocycles. The second-order valence-electron chi connectivity index (χ2n) is 1.33. The first-order valence-electron chi connectivity index (χ1n) is 2.24. The Balaban J connectivity index is 2.83. The van der Waals surface area contributed by atoms with Crippen LogP contribution in [0.25, 0.3) is 0 Å². The van der Waals surface area contributed by atoms with Crippen molar-refractivity contribution in [3.63, 3.8) is 0 Å². The van der Waals surface area contributed by atoms with Gasteiger partial charge in [-0.2, -0.15) is 0 Å². The number of anilines is 1. The molecule has 0 unspecified atom stereocenters. The van der Waals surface area contributed by atoms with Crippen molar-refractivity contribution in [2.24, 2.45) is 0 Å². The molecule has 0 amide bonds. The largest absolute Gasteiger partial charge is 0.290 e. The number of aromatic nitrogens is 1. The van der Waals surface area contributed by atoms with Crippen LogP contribution in [0.5, 0.6) is 0 Å². The lowest BCUT2D eigenvalue weighted by Gasteiger charge is -1.91. The molecule has 3 heteroatoms. The van der Waals surface area contributed by atoms with Crippen LogP contribution in [0.4, 0.5) is 5.82 Å². The van der Waals surface area contributed by atoms with Crippen molar-refractivity contribution in [3.8, 4) is 0 Å². The van der Waals surface area contributed by atoms with Crippen LogP contribution in [-0.2, 0) is 0 Å². The molecule has 1 aromatic rings. The summed E-state index contributed by atoms with van der Waals surface area (Å²) in [6.07, 6.45) is 1.60. The minimum atomic E-state index is 0.465. The summed E-state index contributed by atoms with van der Waals surface area (Å²) in [6, 6.07) is 5.23. The first-order chi connectivity index (χ1) is 3.93. The van der Waals surface area contributed by atoms with Crippen LogP contribution < -0.4 is 5.48 Å². The molecule has 0 aliphatic rings. The summed E-state index contributed by atoms with van der Waals surface area (Å²) in [5, 5.41) is 8.23. The van der Waals surface area contributed by atoms with E-state index < -0.39 is 0 Å². The highest BCUT2D eigenvalue weighted by atomic mass is 16.5. The third kappa shape index (κ3) is 0.946. The minimum absolute atomic E-state index is 0.465. The molecule has 0 fully saturated rings. The molecule has 0 aliphatic heterocycles. The van der Waals surface area contributed by atoms with Gasteiger partial charge in [0.25, 0.3) is 0 Å². The van der Waals surface area contributed by atoms with E-state index >= 15 is 0 Å². The van der Waals surface area contributed by atoms with E-state index in [0.29, 0.717) is 5.82 Å². The maximum absolute atomic E-state index is 8.23. The van der Waals surface area contributed by atoms with E-state index in [4.69, 9.17) is 5.21 Å². The normalized spacial score (nSPS) is 8.62. The van der Waals surface area contributed by atoms with Crippen LogP contribution >= 0.6 is 0 Å². The lowest BCUT2D eigenvalue weighted by atomic mass is 10.5. The molecule has 0 atom stereocenters. The highest BCUT2D eigenvalue weighted by molar-refractivity contribution is 5.29. The standard InChI is InChI=1S/C5H6N2O/c8-7-5-3-1-2-4-6-5/h1-4,8H,(H,6,7). The lowest BCUT2D eigenvalue weighted by molar-refractivity contribution is 0.386. The van der Waals surface area contributed by atoms with Gasteiger partial charge < -0.3 is 0 Å². The van der Waals surface area contributed by atoms with E-state index in [1.807, 2.05) is 5.48 Å². The van der Waals surface area contributed by atoms with Crippen molar-refractivity contribution in [2.45, 2.75) is 0 Å². The second kappa shape index (κ2) is 2.28. The Kier molecular flexibility index (Phi) is 1.44. The number of hydrogen-bond donors (Lipinski definition) is 2. The van der Waals surface area contributed by atoms with Crippen molar-refractivity contribution in [3.05, 3.63) is 24.4 Å². The fourth-order valence-corrected chi connectivity index (χ4v) is 0.429. The van der Waals surface area contributed by atoms with Crippen LogP contribution in [0.1, 0.15) is 0 Å². The molecule has 0 radical (unpaired) electrons. The summed E-state index contributed by atoms with van der Waals surface area (Å²) in [7, 11) is 0. The molecule has 0 aromatic carbocycles. The number of pyridine rings is 1. The predicted molar refractivity (Wildman–Crippen MR) is 29.6 cm³/mol. The maximum Gasteiger partial charge on any atom is 0.149 e. The Hall–Kier alpha value is -1.09. The summed E-state index contributed by atoms with van der Waals surface area (Å²) in [5.41, 5.74) is 1.92. The average Bonchev–Trinajstić information content (AvgIpc) is 1.90. The highest BCUT2D eigenvalue weighted by Gasteiger charge is 1.80. The molecular weight excluding hydrogens is 104 g/mol. The highest BCUT2D eigenvalue weighted by Crippen LogP contribution is 1.95. The van der Waals surface area contributed by atoms with E-state index in [1.165, 1.54) is 0 Å². The van der Waals surface area contributed by atoms with Crippen LogP contribution in [0.3, 0.4) is 0 Å². The molecule has 0 aliphatic carbocycles. The van der Waals surface area contributed by atoms with Gasteiger partial charge in [0.15, 0.2) is 0 Å². The molecule has 1 aromatic heterocycles. The Bertz CT molecular complexity index is 152. The number of hydrogen-bond acceptors (Lipinski definition) is 3. The molecule has 0 saturated heterocycles. The SMILES string of the molecule is ONc1ccccn1. The number of rotatable bonds is 1. The zero-order valence-corrected chi connectivity index (χ0v) is 4.20. The quantitative estimate of drug-likeness (QED) is 0.527. The number of nitrogens with zero attached hydrogens (tertiary/aromatic N) is 1. The number of nitrogens with one attached hydrogen (secondary N) is 1. The van der Waals surface area contributed by atoms with Crippen molar-refractivity contribution in [2.75, 3.05) is 5.48 Å². The monoisotopic (exact) mass is 110 g/mol. The van der Waals surface area contributed by atoms with E-state index in [0.717, 1.165) is 0 Å². The molecular formula is C5H6N2O. The van der Waals surface area contributed by atoms with Gasteiger partial charge in [-0.05, 0) is 12.1 Å². The van der Waals surface area contributed by atoms with Gasteiger partial charge in [0.1, 0.15) is 5.82 Å². The third-order valence-corrected chi connectivity index (χ3v) is 0.779. The minimum Gasteiger partial charge on any atom is -0.290 e. The van der Waals surface area contributed by atoms with Gasteiger partial charge in [0.2, 0.25) is 0 Å². The molecule has 1 rings (SSSR count). The summed E-state index contributed by atoms with van der Waals surface area (Å²) in [4.78, 5) is 3.74. The maximum atomic E-state index is 8.23. The van der Waals surface area contributed by atoms with E-state index in [-0.39, 0.29) is 0 Å². The Labute approximate surface area is 46.9 Å². The summed E-state index contributed by atoms with van der Waals surface area (Å²) in [5.74, 6) is 0.465. The second-order valence-corrected chi connectivity index (χ2v) is 1.33. The van der Waals surface area contributed by atoms with Gasteiger partial charge in [-0.25, -0.2) is 4.98 Å². The Morgan fingerprint density at radius 3 is 2.75 bits per heavy atom. The van der Waals surface area contributed by atoms with E-state index in [1.54, 1.807) is 24.4 Å². The molecule has 42 valence electrons. The van der Waals surface area contributed by atoms with Gasteiger partial charge in [-0.1, -0.05) is 6.07 Å². The predicted octanol–water partition coefficient (Wildman–Crippen LogP) is 0.883. The Morgan fingerprint density at radius 2 is 2.38 bits per heavy atom. The molecule has 0 bridgehead atoms. The zero-order chi connectivity index (χ0) is 5.82. The average molecular weight is 110 g/mol. The smallest absolute Gasteiger partial charge is 0.149 e. The fraction of sp³-hybridized carbons (Fsp3) is 0. The third-order valence-electron chi connectivity index (χ3n) is 0.779. The van der Waals surface area contributed by atoms with Crippen molar-refractivity contribution >= 4 is 5.82 Å². The lowest BCUT2D eigenvalue weighted by Crippen LogP contribution is -1.89. The van der Waals surface area contributed by atoms with Crippen LogP contribution in [-0.4, -0.2) is 10.2 Å². The van der Waals surface area contributed by atoms with Crippen molar-refractivity contribution in [1.82, 2.24) is 4.98 Å². The molecule has 3 nitrogen and oxygen atoms in total. The van der Waals surface area contributed by atoms with E-state index in [2.05, 4.69) is 4.98 Å². The first kappa shape index (κ1) is 5.05. The topological polar surface area (TPSA) is 45.1 Å². The summed E-state index contributed by atoms with van der Waals surface area (Å²) < 4.78 is 0. The Morgan fingerprint density at radius 1 is 1.50 bits per heavy atom. The molecule has 0 spiro atoms. The molecule has 8 heavy (non-hydrogen) atoms. The van der Waals surface area contributed by atoms with Gasteiger partial charge in [0, 0.05) is 6.20 Å². The van der Waals surface area contributed by atoms with Crippen LogP contribution in [0.2, 0.25) is 0 Å². The first-order valence-corrected chi connectivity index (χ1v) is 2.24. The molecule has 0 saturated carbocycles. The summed E-state index contributed by atoms with van der Waals surface area (Å²) >= 11 is 0.